The van der Waals surface area contributed by atoms with Crippen molar-refractivity contribution in [2.75, 3.05) is 13.2 Å². The molecule has 0 aliphatic heterocycles. The predicted octanol–water partition coefficient (Wildman–Crippen LogP) is 14.9. The molecule has 0 spiro atoms. The summed E-state index contributed by atoms with van der Waals surface area (Å²) in [5.74, 6) is -0.113. The summed E-state index contributed by atoms with van der Waals surface area (Å²) in [5, 5.41) is 23.0. The number of aliphatic hydroxyl groups excluding tert-OH is 2. The summed E-state index contributed by atoms with van der Waals surface area (Å²) in [6, 6.07) is -0.643. The Morgan fingerprint density at radius 1 is 0.483 bits per heavy atom. The van der Waals surface area contributed by atoms with Crippen molar-refractivity contribution in [2.45, 2.75) is 270 Å². The summed E-state index contributed by atoms with van der Waals surface area (Å²) < 4.78 is 5.44. The van der Waals surface area contributed by atoms with Gasteiger partial charge in [-0.15, -0.1) is 0 Å². The monoisotopic (exact) mass is 816 g/mol. The van der Waals surface area contributed by atoms with Crippen LogP contribution in [0.5, 0.6) is 0 Å². The Morgan fingerprint density at radius 2 is 0.845 bits per heavy atom. The van der Waals surface area contributed by atoms with Crippen LogP contribution in [0.4, 0.5) is 0 Å². The molecule has 0 radical (unpaired) electrons. The van der Waals surface area contributed by atoms with Crippen molar-refractivity contribution in [1.82, 2.24) is 5.32 Å². The van der Waals surface area contributed by atoms with E-state index in [0.717, 1.165) is 77.0 Å². The van der Waals surface area contributed by atoms with Crippen molar-refractivity contribution in [1.29, 1.82) is 0 Å². The number of carbonyl (C=O) groups is 2. The molecule has 2 unspecified atom stereocenters. The molecule has 2 atom stereocenters. The lowest BCUT2D eigenvalue weighted by atomic mass is 10.0. The van der Waals surface area contributed by atoms with Gasteiger partial charge in [0, 0.05) is 12.8 Å². The van der Waals surface area contributed by atoms with Crippen molar-refractivity contribution in [3.05, 3.63) is 36.5 Å². The SMILES string of the molecule is CCCCCCCCCCCC/C=C/C(O)C(CO)NC(=O)CCCCCCCC/C=C\C=C/CCCCCOC(=O)CCCCCCCCCCCCCCCC. The minimum absolute atomic E-state index is 0.0214. The van der Waals surface area contributed by atoms with E-state index in [0.29, 0.717) is 19.4 Å². The third-order valence-corrected chi connectivity index (χ3v) is 11.4. The van der Waals surface area contributed by atoms with Gasteiger partial charge in [-0.2, -0.15) is 0 Å². The number of aliphatic hydroxyl groups is 2. The summed E-state index contributed by atoms with van der Waals surface area (Å²) >= 11 is 0. The molecule has 3 N–H and O–H groups in total. The Kier molecular flexibility index (Phi) is 46.2. The smallest absolute Gasteiger partial charge is 0.305 e. The lowest BCUT2D eigenvalue weighted by Gasteiger charge is -2.20. The number of amides is 1. The fraction of sp³-hybridized carbons (Fsp3) is 0.846. The van der Waals surface area contributed by atoms with Crippen LogP contribution in [-0.4, -0.2) is 47.4 Å². The Hall–Kier alpha value is -1.92. The molecule has 340 valence electrons. The standard InChI is InChI=1S/C52H97NO5/c1-3-5-7-9-11-13-15-17-22-26-30-34-38-42-46-52(57)58-47-43-39-35-31-27-23-20-18-19-21-25-29-33-37-41-45-51(56)53-49(48-54)50(55)44-40-36-32-28-24-16-14-12-10-8-6-4-2/h18,20,23,27,40,44,49-50,54-55H,3-17,19,21-22,24-26,28-39,41-43,45-48H2,1-2H3,(H,53,56)/b20-18-,27-23-,44-40+. The molecular formula is C52H97NO5. The van der Waals surface area contributed by atoms with Crippen LogP contribution in [0.15, 0.2) is 36.5 Å². The number of ether oxygens (including phenoxy) is 1. The fourth-order valence-electron chi connectivity index (χ4n) is 7.50. The number of hydrogen-bond acceptors (Lipinski definition) is 5. The highest BCUT2D eigenvalue weighted by atomic mass is 16.5. The normalized spacial score (nSPS) is 13.0. The van der Waals surface area contributed by atoms with Gasteiger partial charge in [-0.25, -0.2) is 0 Å². The molecule has 0 heterocycles. The summed E-state index contributed by atoms with van der Waals surface area (Å²) in [6.45, 7) is 4.83. The lowest BCUT2D eigenvalue weighted by molar-refractivity contribution is -0.143. The van der Waals surface area contributed by atoms with Crippen LogP contribution in [0.25, 0.3) is 0 Å². The summed E-state index contributed by atoms with van der Waals surface area (Å²) in [5.41, 5.74) is 0. The summed E-state index contributed by atoms with van der Waals surface area (Å²) in [7, 11) is 0. The molecule has 6 heteroatoms. The molecule has 0 aliphatic carbocycles. The van der Waals surface area contributed by atoms with Crippen LogP contribution in [0.1, 0.15) is 258 Å². The second-order valence-corrected chi connectivity index (χ2v) is 17.2. The molecule has 0 bridgehead atoms. The van der Waals surface area contributed by atoms with E-state index >= 15 is 0 Å². The van der Waals surface area contributed by atoms with Crippen molar-refractivity contribution in [3.8, 4) is 0 Å². The maximum Gasteiger partial charge on any atom is 0.305 e. The Bertz CT molecular complexity index is 946. The Labute approximate surface area is 360 Å². The van der Waals surface area contributed by atoms with Gasteiger partial charge in [0.15, 0.2) is 0 Å². The number of allylic oxidation sites excluding steroid dienone is 5. The van der Waals surface area contributed by atoms with E-state index in [2.05, 4.69) is 43.5 Å². The fourth-order valence-corrected chi connectivity index (χ4v) is 7.50. The lowest BCUT2D eigenvalue weighted by Crippen LogP contribution is -2.45. The molecule has 0 saturated carbocycles. The Balaban J connectivity index is 3.55. The molecule has 0 rings (SSSR count). The highest BCUT2D eigenvalue weighted by Crippen LogP contribution is 2.15. The third-order valence-electron chi connectivity index (χ3n) is 11.4. The maximum absolute atomic E-state index is 12.4. The van der Waals surface area contributed by atoms with Crippen LogP contribution in [0.3, 0.4) is 0 Å². The van der Waals surface area contributed by atoms with Gasteiger partial charge in [0.1, 0.15) is 0 Å². The molecule has 0 aromatic heterocycles. The first kappa shape index (κ1) is 56.1. The van der Waals surface area contributed by atoms with Crippen LogP contribution >= 0.6 is 0 Å². The van der Waals surface area contributed by atoms with E-state index in [1.54, 1.807) is 6.08 Å². The van der Waals surface area contributed by atoms with Crippen molar-refractivity contribution in [3.63, 3.8) is 0 Å². The second kappa shape index (κ2) is 47.8. The quantitative estimate of drug-likeness (QED) is 0.0246. The Morgan fingerprint density at radius 3 is 1.28 bits per heavy atom. The van der Waals surface area contributed by atoms with Gasteiger partial charge in [-0.3, -0.25) is 9.59 Å². The number of nitrogens with one attached hydrogen (secondary N) is 1. The van der Waals surface area contributed by atoms with Gasteiger partial charge in [0.2, 0.25) is 5.91 Å². The molecule has 0 aromatic rings. The van der Waals surface area contributed by atoms with Crippen LogP contribution < -0.4 is 5.32 Å². The number of carbonyl (C=O) groups excluding carboxylic acids is 2. The van der Waals surface area contributed by atoms with E-state index < -0.39 is 12.1 Å². The van der Waals surface area contributed by atoms with E-state index in [4.69, 9.17) is 4.74 Å². The highest BCUT2D eigenvalue weighted by molar-refractivity contribution is 5.76. The average Bonchev–Trinajstić information content (AvgIpc) is 3.22. The van der Waals surface area contributed by atoms with E-state index in [9.17, 15) is 19.8 Å². The van der Waals surface area contributed by atoms with E-state index in [1.165, 1.54) is 154 Å². The van der Waals surface area contributed by atoms with E-state index in [1.807, 2.05) is 6.08 Å². The number of hydrogen-bond donors (Lipinski definition) is 3. The second-order valence-electron chi connectivity index (χ2n) is 17.2. The van der Waals surface area contributed by atoms with Crippen LogP contribution in [-0.2, 0) is 14.3 Å². The highest BCUT2D eigenvalue weighted by Gasteiger charge is 2.18. The molecule has 0 fully saturated rings. The first-order valence-corrected chi connectivity index (χ1v) is 25.3. The molecule has 58 heavy (non-hydrogen) atoms. The van der Waals surface area contributed by atoms with Gasteiger partial charge in [0.25, 0.3) is 0 Å². The maximum atomic E-state index is 12.4. The average molecular weight is 816 g/mol. The summed E-state index contributed by atoms with van der Waals surface area (Å²) in [6.07, 6.45) is 57.1. The predicted molar refractivity (Wildman–Crippen MR) is 250 cm³/mol. The first-order valence-electron chi connectivity index (χ1n) is 25.3. The van der Waals surface area contributed by atoms with Gasteiger partial charge in [-0.1, -0.05) is 217 Å². The minimum atomic E-state index is -0.857. The topological polar surface area (TPSA) is 95.9 Å². The first-order chi connectivity index (χ1) is 28.5. The van der Waals surface area contributed by atoms with Crippen molar-refractivity contribution >= 4 is 11.9 Å². The van der Waals surface area contributed by atoms with Gasteiger partial charge >= 0.3 is 5.97 Å². The molecular weight excluding hydrogens is 719 g/mol. The van der Waals surface area contributed by atoms with Gasteiger partial charge in [0.05, 0.1) is 25.4 Å². The molecule has 0 saturated heterocycles. The number of rotatable bonds is 46. The zero-order chi connectivity index (χ0) is 42.3. The zero-order valence-electron chi connectivity index (χ0n) is 38.5. The van der Waals surface area contributed by atoms with Gasteiger partial charge < -0.3 is 20.3 Å². The van der Waals surface area contributed by atoms with Crippen LogP contribution in [0.2, 0.25) is 0 Å². The zero-order valence-corrected chi connectivity index (χ0v) is 38.5. The number of unbranched alkanes of at least 4 members (excludes halogenated alkanes) is 32. The van der Waals surface area contributed by atoms with Crippen molar-refractivity contribution in [2.24, 2.45) is 0 Å². The van der Waals surface area contributed by atoms with E-state index in [-0.39, 0.29) is 18.5 Å². The van der Waals surface area contributed by atoms with Crippen LogP contribution in [0, 0.1) is 0 Å². The largest absolute Gasteiger partial charge is 0.466 e. The molecule has 1 amide bonds. The molecule has 0 aliphatic rings. The van der Waals surface area contributed by atoms with Gasteiger partial charge in [-0.05, 0) is 64.2 Å². The molecule has 6 nitrogen and oxygen atoms in total. The minimum Gasteiger partial charge on any atom is -0.466 e. The number of esters is 1. The third kappa shape index (κ3) is 43.7. The van der Waals surface area contributed by atoms with Crippen molar-refractivity contribution < 1.29 is 24.5 Å². The summed E-state index contributed by atoms with van der Waals surface area (Å²) in [4.78, 5) is 24.4. The molecule has 0 aromatic carbocycles.